The van der Waals surface area contributed by atoms with Crippen LogP contribution < -0.4 is 0 Å². The van der Waals surface area contributed by atoms with Gasteiger partial charge in [-0.3, -0.25) is 4.57 Å². The zero-order chi connectivity index (χ0) is 16.4. The maximum absolute atomic E-state index is 11.1. The predicted octanol–water partition coefficient (Wildman–Crippen LogP) is 4.73. The lowest BCUT2D eigenvalue weighted by atomic mass is 10.0. The molecule has 1 aromatic heterocycles. The Balaban J connectivity index is 1.82. The summed E-state index contributed by atoms with van der Waals surface area (Å²) < 4.78 is 12.2. The van der Waals surface area contributed by atoms with Crippen LogP contribution in [0.4, 0.5) is 0 Å². The largest absolute Gasteiger partial charge is 0.330 e. The van der Waals surface area contributed by atoms with Crippen LogP contribution in [0.25, 0.3) is 10.1 Å². The highest BCUT2D eigenvalue weighted by atomic mass is 32.1. The summed E-state index contributed by atoms with van der Waals surface area (Å²) in [6.07, 6.45) is 1.73. The van der Waals surface area contributed by atoms with Crippen LogP contribution in [0.2, 0.25) is 0 Å². The second-order valence-corrected chi connectivity index (χ2v) is 8.57. The van der Waals surface area contributed by atoms with E-state index in [-0.39, 0.29) is 6.16 Å². The molecule has 3 rings (SSSR count). The lowest BCUT2D eigenvalue weighted by Gasteiger charge is -2.04. The molecule has 1 heterocycles. The molecule has 0 aliphatic rings. The summed E-state index contributed by atoms with van der Waals surface area (Å²) in [4.78, 5) is 18.9. The third kappa shape index (κ3) is 4.30. The Morgan fingerprint density at radius 2 is 1.61 bits per heavy atom. The van der Waals surface area contributed by atoms with Gasteiger partial charge in [0.15, 0.2) is 0 Å². The first kappa shape index (κ1) is 16.4. The van der Waals surface area contributed by atoms with Crippen LogP contribution in [0.15, 0.2) is 48.5 Å². The molecule has 0 saturated carbocycles. The molecule has 0 spiro atoms. The average molecular weight is 346 g/mol. The number of aryl methyl sites for hydroxylation is 1. The summed E-state index contributed by atoms with van der Waals surface area (Å²) in [5.41, 5.74) is 3.82. The Hall–Kier alpha value is -1.45. The van der Waals surface area contributed by atoms with Gasteiger partial charge in [0.25, 0.3) is 0 Å². The summed E-state index contributed by atoms with van der Waals surface area (Å²) in [5, 5.41) is 1.06. The van der Waals surface area contributed by atoms with Gasteiger partial charge in [-0.25, -0.2) is 0 Å². The molecule has 120 valence electrons. The van der Waals surface area contributed by atoms with Crippen molar-refractivity contribution in [2.45, 2.75) is 25.9 Å². The SMILES string of the molecule is CCc1ccc(Cc2ccc3sc(CP(=O)(O)O)cc3c2)cc1. The zero-order valence-corrected chi connectivity index (χ0v) is 14.6. The summed E-state index contributed by atoms with van der Waals surface area (Å²) in [5.74, 6) is 0. The van der Waals surface area contributed by atoms with Crippen LogP contribution in [0, 0.1) is 0 Å². The van der Waals surface area contributed by atoms with Crippen LogP contribution in [-0.2, 0) is 23.6 Å². The number of hydrogen-bond acceptors (Lipinski definition) is 2. The molecule has 3 aromatic rings. The highest BCUT2D eigenvalue weighted by Gasteiger charge is 2.16. The van der Waals surface area contributed by atoms with Crippen LogP contribution in [0.3, 0.4) is 0 Å². The van der Waals surface area contributed by atoms with E-state index in [9.17, 15) is 4.57 Å². The molecule has 2 N–H and O–H groups in total. The molecule has 3 nitrogen and oxygen atoms in total. The molecule has 0 fully saturated rings. The summed E-state index contributed by atoms with van der Waals surface area (Å²) in [7, 11) is -4.01. The molecule has 2 aromatic carbocycles. The smallest absolute Gasteiger partial charge is 0.324 e. The highest BCUT2D eigenvalue weighted by Crippen LogP contribution is 2.42. The first-order valence-electron chi connectivity index (χ1n) is 7.57. The van der Waals surface area contributed by atoms with Gasteiger partial charge in [0, 0.05) is 9.58 Å². The van der Waals surface area contributed by atoms with Crippen molar-refractivity contribution in [2.24, 2.45) is 0 Å². The van der Waals surface area contributed by atoms with E-state index in [1.54, 1.807) is 0 Å². The molecule has 23 heavy (non-hydrogen) atoms. The molecule has 0 unspecified atom stereocenters. The molecule has 0 atom stereocenters. The van der Waals surface area contributed by atoms with Gasteiger partial charge in [-0.2, -0.15) is 0 Å². The van der Waals surface area contributed by atoms with Crippen LogP contribution in [0.1, 0.15) is 28.5 Å². The second kappa shape index (κ2) is 6.58. The minimum Gasteiger partial charge on any atom is -0.324 e. The topological polar surface area (TPSA) is 57.5 Å². The molecular weight excluding hydrogens is 327 g/mol. The fourth-order valence-corrected chi connectivity index (χ4v) is 4.77. The van der Waals surface area contributed by atoms with Crippen LogP contribution in [0.5, 0.6) is 0 Å². The molecule has 0 amide bonds. The molecule has 0 aliphatic heterocycles. The van der Waals surface area contributed by atoms with Crippen molar-refractivity contribution < 1.29 is 14.4 Å². The van der Waals surface area contributed by atoms with Crippen molar-refractivity contribution in [2.75, 3.05) is 0 Å². The third-order valence-electron chi connectivity index (χ3n) is 3.83. The molecule has 0 aliphatic carbocycles. The minimum absolute atomic E-state index is 0.180. The van der Waals surface area contributed by atoms with Crippen molar-refractivity contribution in [1.82, 2.24) is 0 Å². The molecular formula is C18H19O3PS. The quantitative estimate of drug-likeness (QED) is 0.657. The Morgan fingerprint density at radius 1 is 0.957 bits per heavy atom. The van der Waals surface area contributed by atoms with E-state index in [4.69, 9.17) is 9.79 Å². The second-order valence-electron chi connectivity index (χ2n) is 5.75. The van der Waals surface area contributed by atoms with Crippen molar-refractivity contribution in [3.63, 3.8) is 0 Å². The van der Waals surface area contributed by atoms with Gasteiger partial charge in [0.2, 0.25) is 0 Å². The van der Waals surface area contributed by atoms with Gasteiger partial charge >= 0.3 is 7.60 Å². The van der Waals surface area contributed by atoms with Gasteiger partial charge < -0.3 is 9.79 Å². The van der Waals surface area contributed by atoms with Gasteiger partial charge in [-0.1, -0.05) is 37.3 Å². The zero-order valence-electron chi connectivity index (χ0n) is 12.9. The number of fused-ring (bicyclic) bond motifs is 1. The number of hydrogen-bond donors (Lipinski definition) is 2. The Morgan fingerprint density at radius 3 is 2.26 bits per heavy atom. The minimum atomic E-state index is -4.01. The molecule has 0 bridgehead atoms. The molecule has 5 heteroatoms. The number of rotatable bonds is 5. The molecule has 0 radical (unpaired) electrons. The highest BCUT2D eigenvalue weighted by molar-refractivity contribution is 7.51. The Labute approximate surface area is 139 Å². The van der Waals surface area contributed by atoms with E-state index in [0.29, 0.717) is 0 Å². The third-order valence-corrected chi connectivity index (χ3v) is 5.92. The van der Waals surface area contributed by atoms with E-state index in [0.717, 1.165) is 27.8 Å². The van der Waals surface area contributed by atoms with E-state index in [1.807, 2.05) is 12.1 Å². The van der Waals surface area contributed by atoms with Crippen molar-refractivity contribution in [1.29, 1.82) is 0 Å². The first-order chi connectivity index (χ1) is 10.9. The van der Waals surface area contributed by atoms with E-state index >= 15 is 0 Å². The maximum Gasteiger partial charge on any atom is 0.330 e. The van der Waals surface area contributed by atoms with Crippen molar-refractivity contribution in [3.05, 3.63) is 70.1 Å². The average Bonchev–Trinajstić information content (AvgIpc) is 2.87. The fourth-order valence-electron chi connectivity index (χ4n) is 2.67. The first-order valence-corrected chi connectivity index (χ1v) is 10.2. The van der Waals surface area contributed by atoms with Crippen LogP contribution in [-0.4, -0.2) is 9.79 Å². The van der Waals surface area contributed by atoms with Gasteiger partial charge in [0.1, 0.15) is 0 Å². The lowest BCUT2D eigenvalue weighted by Crippen LogP contribution is -1.88. The summed E-state index contributed by atoms with van der Waals surface area (Å²) in [6, 6.07) is 16.8. The van der Waals surface area contributed by atoms with Crippen LogP contribution >= 0.6 is 18.9 Å². The van der Waals surface area contributed by atoms with Crippen molar-refractivity contribution >= 4 is 29.0 Å². The molecule has 0 saturated heterocycles. The van der Waals surface area contributed by atoms with E-state index in [2.05, 4.69) is 43.3 Å². The van der Waals surface area contributed by atoms with Crippen molar-refractivity contribution in [3.8, 4) is 0 Å². The maximum atomic E-state index is 11.1. The van der Waals surface area contributed by atoms with Gasteiger partial charge in [0.05, 0.1) is 6.16 Å². The van der Waals surface area contributed by atoms with Gasteiger partial charge in [-0.05, 0) is 53.1 Å². The summed E-state index contributed by atoms with van der Waals surface area (Å²) >= 11 is 1.45. The number of thiophene rings is 1. The normalized spacial score (nSPS) is 12.0. The monoisotopic (exact) mass is 346 g/mol. The van der Waals surface area contributed by atoms with Gasteiger partial charge in [-0.15, -0.1) is 11.3 Å². The fraction of sp³-hybridized carbons (Fsp3) is 0.222. The van der Waals surface area contributed by atoms with E-state index < -0.39 is 7.60 Å². The number of benzene rings is 2. The Bertz CT molecular complexity index is 862. The lowest BCUT2D eigenvalue weighted by molar-refractivity contribution is 0.372. The predicted molar refractivity (Wildman–Crippen MR) is 96.2 cm³/mol. The van der Waals surface area contributed by atoms with E-state index in [1.165, 1.54) is 28.0 Å². The Kier molecular flexibility index (Phi) is 4.69. The summed E-state index contributed by atoms with van der Waals surface area (Å²) in [6.45, 7) is 2.15. The standard InChI is InChI=1S/C18H19O3PS/c1-2-13-3-5-14(6-4-13)9-15-7-8-18-16(10-15)11-17(23-18)12-22(19,20)21/h3-8,10-11H,2,9,12H2,1H3,(H2,19,20,21).